The molecule has 0 heterocycles. The highest BCUT2D eigenvalue weighted by atomic mass is 32.2. The van der Waals surface area contributed by atoms with Crippen LogP contribution in [0.2, 0.25) is 0 Å². The minimum atomic E-state index is -3.74. The smallest absolute Gasteiger partial charge is 0.335 e. The molecule has 1 aliphatic rings. The molecule has 0 aliphatic heterocycles. The molecule has 110 valence electrons. The molecule has 0 bridgehead atoms. The monoisotopic (exact) mass is 299 g/mol. The average Bonchev–Trinajstić information content (AvgIpc) is 3.23. The van der Waals surface area contributed by atoms with Crippen LogP contribution in [-0.2, 0) is 10.0 Å². The molecule has 0 spiro atoms. The first kappa shape index (κ1) is 14.8. The number of methoxy groups -OCH3 is 1. The van der Waals surface area contributed by atoms with Crippen molar-refractivity contribution in [3.05, 3.63) is 23.8 Å². The second kappa shape index (κ2) is 5.41. The van der Waals surface area contributed by atoms with E-state index < -0.39 is 16.0 Å². The molecular formula is C13H17NO5S. The topological polar surface area (TPSA) is 83.9 Å². The van der Waals surface area contributed by atoms with Crippen LogP contribution < -0.4 is 4.74 Å². The van der Waals surface area contributed by atoms with Crippen molar-refractivity contribution in [3.63, 3.8) is 0 Å². The number of rotatable bonds is 6. The van der Waals surface area contributed by atoms with E-state index in [0.29, 0.717) is 6.54 Å². The number of ether oxygens (including phenoxy) is 1. The molecule has 0 amide bonds. The summed E-state index contributed by atoms with van der Waals surface area (Å²) in [6, 6.07) is 3.87. The van der Waals surface area contributed by atoms with Crippen molar-refractivity contribution in [2.24, 2.45) is 0 Å². The van der Waals surface area contributed by atoms with Crippen molar-refractivity contribution >= 4 is 16.0 Å². The fourth-order valence-corrected chi connectivity index (χ4v) is 4.00. The van der Waals surface area contributed by atoms with Crippen molar-refractivity contribution in [1.29, 1.82) is 0 Å². The van der Waals surface area contributed by atoms with Crippen molar-refractivity contribution < 1.29 is 23.1 Å². The molecule has 0 aromatic heterocycles. The summed E-state index contributed by atoms with van der Waals surface area (Å²) in [4.78, 5) is 10.9. The third-order valence-corrected chi connectivity index (χ3v) is 5.31. The molecular weight excluding hydrogens is 282 g/mol. The Labute approximate surface area is 118 Å². The first-order chi connectivity index (χ1) is 9.41. The van der Waals surface area contributed by atoms with E-state index >= 15 is 0 Å². The third kappa shape index (κ3) is 2.64. The van der Waals surface area contributed by atoms with Crippen LogP contribution in [-0.4, -0.2) is 43.5 Å². The molecule has 1 fully saturated rings. The van der Waals surface area contributed by atoms with Crippen LogP contribution in [0, 0.1) is 0 Å². The molecule has 7 heteroatoms. The van der Waals surface area contributed by atoms with Gasteiger partial charge in [0.25, 0.3) is 0 Å². The molecule has 20 heavy (non-hydrogen) atoms. The summed E-state index contributed by atoms with van der Waals surface area (Å²) in [5.41, 5.74) is -0.0729. The summed E-state index contributed by atoms with van der Waals surface area (Å²) in [6.07, 6.45) is 1.68. The maximum Gasteiger partial charge on any atom is 0.335 e. The number of hydrogen-bond donors (Lipinski definition) is 1. The van der Waals surface area contributed by atoms with Crippen LogP contribution in [0.15, 0.2) is 23.1 Å². The van der Waals surface area contributed by atoms with E-state index in [1.165, 1.54) is 23.5 Å². The number of aromatic carboxylic acids is 1. The predicted octanol–water partition coefficient (Wildman–Crippen LogP) is 1.57. The van der Waals surface area contributed by atoms with Gasteiger partial charge in [0.15, 0.2) is 0 Å². The van der Waals surface area contributed by atoms with Gasteiger partial charge in [-0.15, -0.1) is 0 Å². The van der Waals surface area contributed by atoms with Gasteiger partial charge < -0.3 is 9.84 Å². The van der Waals surface area contributed by atoms with Crippen LogP contribution in [0.3, 0.4) is 0 Å². The van der Waals surface area contributed by atoms with Gasteiger partial charge in [-0.3, -0.25) is 0 Å². The lowest BCUT2D eigenvalue weighted by Gasteiger charge is -2.21. The second-order valence-corrected chi connectivity index (χ2v) is 6.47. The van der Waals surface area contributed by atoms with Gasteiger partial charge in [-0.1, -0.05) is 6.92 Å². The summed E-state index contributed by atoms with van der Waals surface area (Å²) in [7, 11) is -2.38. The highest BCUT2D eigenvalue weighted by Crippen LogP contribution is 2.35. The maximum absolute atomic E-state index is 12.7. The van der Waals surface area contributed by atoms with Crippen LogP contribution in [0.1, 0.15) is 30.1 Å². The number of carboxylic acids is 1. The predicted molar refractivity (Wildman–Crippen MR) is 72.5 cm³/mol. The van der Waals surface area contributed by atoms with E-state index in [0.717, 1.165) is 18.9 Å². The molecule has 1 N–H and O–H groups in total. The zero-order chi connectivity index (χ0) is 14.9. The van der Waals surface area contributed by atoms with Gasteiger partial charge >= 0.3 is 5.97 Å². The number of carbonyl (C=O) groups is 1. The van der Waals surface area contributed by atoms with Crippen LogP contribution in [0.5, 0.6) is 5.75 Å². The quantitative estimate of drug-likeness (QED) is 0.862. The maximum atomic E-state index is 12.7. The normalized spacial score (nSPS) is 15.3. The van der Waals surface area contributed by atoms with E-state index in [9.17, 15) is 13.2 Å². The molecule has 1 saturated carbocycles. The molecule has 1 aromatic carbocycles. The summed E-state index contributed by atoms with van der Waals surface area (Å²) in [6.45, 7) is 2.12. The van der Waals surface area contributed by atoms with Crippen molar-refractivity contribution in [2.75, 3.05) is 13.7 Å². The largest absolute Gasteiger partial charge is 0.495 e. The zero-order valence-electron chi connectivity index (χ0n) is 11.4. The van der Waals surface area contributed by atoms with E-state index in [2.05, 4.69) is 0 Å². The van der Waals surface area contributed by atoms with E-state index in [1.54, 1.807) is 6.92 Å². The summed E-state index contributed by atoms with van der Waals surface area (Å²) >= 11 is 0. The fourth-order valence-electron chi connectivity index (χ4n) is 2.12. The van der Waals surface area contributed by atoms with Gasteiger partial charge in [0, 0.05) is 12.6 Å². The minimum Gasteiger partial charge on any atom is -0.495 e. The van der Waals surface area contributed by atoms with E-state index in [4.69, 9.17) is 9.84 Å². The Morgan fingerprint density at radius 2 is 2.10 bits per heavy atom. The van der Waals surface area contributed by atoms with Gasteiger partial charge in [-0.05, 0) is 31.0 Å². The van der Waals surface area contributed by atoms with Crippen LogP contribution >= 0.6 is 0 Å². The highest BCUT2D eigenvalue weighted by Gasteiger charge is 2.38. The second-order valence-electron chi connectivity index (χ2n) is 4.61. The van der Waals surface area contributed by atoms with Crippen molar-refractivity contribution in [1.82, 2.24) is 4.31 Å². The summed E-state index contributed by atoms with van der Waals surface area (Å²) in [5.74, 6) is -1.01. The number of nitrogens with zero attached hydrogens (tertiary/aromatic N) is 1. The van der Waals surface area contributed by atoms with Crippen molar-refractivity contribution in [3.8, 4) is 5.75 Å². The molecule has 6 nitrogen and oxygen atoms in total. The average molecular weight is 299 g/mol. The molecule has 0 atom stereocenters. The van der Waals surface area contributed by atoms with Crippen LogP contribution in [0.4, 0.5) is 0 Å². The number of hydrogen-bond acceptors (Lipinski definition) is 4. The zero-order valence-corrected chi connectivity index (χ0v) is 12.2. The minimum absolute atomic E-state index is 0.0168. The first-order valence-corrected chi connectivity index (χ1v) is 7.79. The number of benzene rings is 1. The van der Waals surface area contributed by atoms with Gasteiger partial charge in [0.05, 0.1) is 12.7 Å². The van der Waals surface area contributed by atoms with Gasteiger partial charge in [-0.25, -0.2) is 13.2 Å². The molecule has 0 unspecified atom stereocenters. The lowest BCUT2D eigenvalue weighted by atomic mass is 10.2. The lowest BCUT2D eigenvalue weighted by Crippen LogP contribution is -2.33. The molecule has 1 aromatic rings. The number of carboxylic acid groups (broad SMARTS) is 1. The Balaban J connectivity index is 2.53. The molecule has 0 saturated heterocycles. The Bertz CT molecular complexity index is 622. The highest BCUT2D eigenvalue weighted by molar-refractivity contribution is 7.89. The van der Waals surface area contributed by atoms with Gasteiger partial charge in [0.1, 0.15) is 10.6 Å². The standard InChI is InChI=1S/C13H17NO5S/c1-3-14(10-5-6-10)20(17,18)12-8-9(13(15)16)4-7-11(12)19-2/h4,7-8,10H,3,5-6H2,1-2H3,(H,15,16). The number of sulfonamides is 1. The van der Waals surface area contributed by atoms with Crippen LogP contribution in [0.25, 0.3) is 0 Å². The first-order valence-electron chi connectivity index (χ1n) is 6.35. The molecule has 1 aliphatic carbocycles. The van der Waals surface area contributed by atoms with E-state index in [-0.39, 0.29) is 22.3 Å². The summed E-state index contributed by atoms with van der Waals surface area (Å²) < 4.78 is 31.8. The molecule has 0 radical (unpaired) electrons. The Morgan fingerprint density at radius 1 is 1.45 bits per heavy atom. The Hall–Kier alpha value is -1.60. The summed E-state index contributed by atoms with van der Waals surface area (Å²) in [5, 5.41) is 9.01. The van der Waals surface area contributed by atoms with Crippen molar-refractivity contribution in [2.45, 2.75) is 30.7 Å². The third-order valence-electron chi connectivity index (χ3n) is 3.26. The lowest BCUT2D eigenvalue weighted by molar-refractivity contribution is 0.0696. The van der Waals surface area contributed by atoms with Gasteiger partial charge in [-0.2, -0.15) is 4.31 Å². The Morgan fingerprint density at radius 3 is 2.55 bits per heavy atom. The van der Waals surface area contributed by atoms with E-state index in [1.807, 2.05) is 0 Å². The van der Waals surface area contributed by atoms with Gasteiger partial charge in [0.2, 0.25) is 10.0 Å². The molecule has 2 rings (SSSR count). The SMILES string of the molecule is CCN(C1CC1)S(=O)(=O)c1cc(C(=O)O)ccc1OC. The Kier molecular flexibility index (Phi) is 4.01. The fraction of sp³-hybridized carbons (Fsp3) is 0.462.